The van der Waals surface area contributed by atoms with E-state index < -0.39 is 0 Å². The summed E-state index contributed by atoms with van der Waals surface area (Å²) in [5.74, 6) is 1.20. The highest BCUT2D eigenvalue weighted by atomic mass is 14.9. The van der Waals surface area contributed by atoms with Gasteiger partial charge in [0.2, 0.25) is 0 Å². The molecule has 0 spiro atoms. The summed E-state index contributed by atoms with van der Waals surface area (Å²) < 4.78 is 0. The number of nitrogens with zero attached hydrogens (tertiary/aromatic N) is 3. The number of hydrogen-bond donors (Lipinski definition) is 1. The molecule has 0 aliphatic heterocycles. The fraction of sp³-hybridized carbons (Fsp3) is 0.438. The van der Waals surface area contributed by atoms with Gasteiger partial charge in [0.05, 0.1) is 0 Å². The summed E-state index contributed by atoms with van der Waals surface area (Å²) in [7, 11) is 0. The molecule has 106 valence electrons. The first-order valence-electron chi connectivity index (χ1n) is 7.09. The zero-order chi connectivity index (χ0) is 14.5. The van der Waals surface area contributed by atoms with Crippen LogP contribution >= 0.6 is 0 Å². The molecule has 1 atom stereocenters. The fourth-order valence-corrected chi connectivity index (χ4v) is 2.53. The Balaban J connectivity index is 2.34. The van der Waals surface area contributed by atoms with E-state index in [2.05, 4.69) is 48.0 Å². The Morgan fingerprint density at radius 1 is 1.10 bits per heavy atom. The van der Waals surface area contributed by atoms with Crippen LogP contribution in [0.25, 0.3) is 11.4 Å². The van der Waals surface area contributed by atoms with Gasteiger partial charge in [-0.25, -0.2) is 9.97 Å². The van der Waals surface area contributed by atoms with Gasteiger partial charge in [0.1, 0.15) is 0 Å². The van der Waals surface area contributed by atoms with Crippen molar-refractivity contribution in [1.82, 2.24) is 20.3 Å². The van der Waals surface area contributed by atoms with Gasteiger partial charge < -0.3 is 5.32 Å². The average molecular weight is 270 g/mol. The minimum absolute atomic E-state index is 0.418. The number of nitrogens with one attached hydrogen (secondary N) is 1. The molecule has 2 heterocycles. The summed E-state index contributed by atoms with van der Waals surface area (Å²) in [5, 5.41) is 3.38. The van der Waals surface area contributed by atoms with Crippen LogP contribution < -0.4 is 5.32 Å². The fourth-order valence-electron chi connectivity index (χ4n) is 2.53. The molecule has 0 aliphatic carbocycles. The van der Waals surface area contributed by atoms with E-state index >= 15 is 0 Å². The molecule has 0 saturated carbocycles. The van der Waals surface area contributed by atoms with E-state index in [-0.39, 0.29) is 0 Å². The lowest BCUT2D eigenvalue weighted by Gasteiger charge is -2.17. The second kappa shape index (κ2) is 6.57. The highest BCUT2D eigenvalue weighted by Crippen LogP contribution is 2.24. The summed E-state index contributed by atoms with van der Waals surface area (Å²) in [6.45, 7) is 10.4. The molecular formula is C16H22N4. The van der Waals surface area contributed by atoms with E-state index in [1.807, 2.05) is 12.1 Å². The second-order valence-corrected chi connectivity index (χ2v) is 5.08. The topological polar surface area (TPSA) is 50.7 Å². The monoisotopic (exact) mass is 270 g/mol. The van der Waals surface area contributed by atoms with Crippen LogP contribution in [-0.2, 0) is 0 Å². The first-order valence-corrected chi connectivity index (χ1v) is 7.09. The van der Waals surface area contributed by atoms with Crippen molar-refractivity contribution < 1.29 is 0 Å². The quantitative estimate of drug-likeness (QED) is 0.907. The summed E-state index contributed by atoms with van der Waals surface area (Å²) in [5.41, 5.74) is 4.39. The Hall–Kier alpha value is -1.81. The van der Waals surface area contributed by atoms with Crippen molar-refractivity contribution in [3.63, 3.8) is 0 Å². The summed E-state index contributed by atoms with van der Waals surface area (Å²) in [6, 6.07) is 3.88. The lowest BCUT2D eigenvalue weighted by molar-refractivity contribution is 0.624. The number of aromatic nitrogens is 3. The van der Waals surface area contributed by atoms with Crippen LogP contribution in [0.1, 0.15) is 36.7 Å². The molecule has 4 heteroatoms. The van der Waals surface area contributed by atoms with Crippen molar-refractivity contribution in [2.45, 2.75) is 33.6 Å². The Morgan fingerprint density at radius 2 is 1.70 bits per heavy atom. The molecule has 0 amide bonds. The Labute approximate surface area is 120 Å². The van der Waals surface area contributed by atoms with E-state index in [4.69, 9.17) is 0 Å². The zero-order valence-corrected chi connectivity index (χ0v) is 12.6. The van der Waals surface area contributed by atoms with E-state index in [0.717, 1.165) is 35.9 Å². The molecule has 0 aromatic carbocycles. The number of likely N-dealkylation sites (N-methyl/N-ethyl adjacent to an activating group) is 1. The van der Waals surface area contributed by atoms with Crippen LogP contribution in [0.3, 0.4) is 0 Å². The Morgan fingerprint density at radius 3 is 2.25 bits per heavy atom. The highest BCUT2D eigenvalue weighted by molar-refractivity contribution is 5.54. The molecule has 0 bridgehead atoms. The zero-order valence-electron chi connectivity index (χ0n) is 12.6. The van der Waals surface area contributed by atoms with Crippen molar-refractivity contribution in [2.24, 2.45) is 0 Å². The molecule has 0 aliphatic rings. The molecule has 2 aromatic rings. The third kappa shape index (κ3) is 3.20. The van der Waals surface area contributed by atoms with Crippen molar-refractivity contribution in [2.75, 3.05) is 13.1 Å². The molecule has 20 heavy (non-hydrogen) atoms. The SMILES string of the molecule is CCNCC(C)c1c(C)nc(-c2ccncc2)nc1C. The largest absolute Gasteiger partial charge is 0.316 e. The van der Waals surface area contributed by atoms with Crippen molar-refractivity contribution in [3.8, 4) is 11.4 Å². The van der Waals surface area contributed by atoms with Crippen LogP contribution in [-0.4, -0.2) is 28.0 Å². The first kappa shape index (κ1) is 14.6. The van der Waals surface area contributed by atoms with Gasteiger partial charge in [0.15, 0.2) is 5.82 Å². The molecule has 0 saturated heterocycles. The van der Waals surface area contributed by atoms with Crippen LogP contribution in [0.15, 0.2) is 24.5 Å². The molecule has 2 aromatic heterocycles. The number of pyridine rings is 1. The van der Waals surface area contributed by atoms with Crippen LogP contribution in [0.2, 0.25) is 0 Å². The maximum Gasteiger partial charge on any atom is 0.159 e. The smallest absolute Gasteiger partial charge is 0.159 e. The molecule has 1 unspecified atom stereocenters. The highest BCUT2D eigenvalue weighted by Gasteiger charge is 2.15. The van der Waals surface area contributed by atoms with Crippen molar-refractivity contribution in [1.29, 1.82) is 0 Å². The van der Waals surface area contributed by atoms with Gasteiger partial charge in [-0.05, 0) is 44.0 Å². The molecule has 2 rings (SSSR count). The van der Waals surface area contributed by atoms with Crippen LogP contribution in [0.5, 0.6) is 0 Å². The van der Waals surface area contributed by atoms with E-state index in [1.165, 1.54) is 5.56 Å². The predicted molar refractivity (Wildman–Crippen MR) is 81.7 cm³/mol. The van der Waals surface area contributed by atoms with E-state index in [9.17, 15) is 0 Å². The van der Waals surface area contributed by atoms with Crippen LogP contribution in [0, 0.1) is 13.8 Å². The van der Waals surface area contributed by atoms with Gasteiger partial charge in [0.25, 0.3) is 0 Å². The van der Waals surface area contributed by atoms with Crippen LogP contribution in [0.4, 0.5) is 0 Å². The summed E-state index contributed by atoms with van der Waals surface area (Å²) >= 11 is 0. The Kier molecular flexibility index (Phi) is 4.79. The normalized spacial score (nSPS) is 12.4. The predicted octanol–water partition coefficient (Wildman–Crippen LogP) is 2.87. The third-order valence-corrected chi connectivity index (χ3v) is 3.46. The maximum absolute atomic E-state index is 4.67. The second-order valence-electron chi connectivity index (χ2n) is 5.08. The van der Waals surface area contributed by atoms with Gasteiger partial charge in [-0.15, -0.1) is 0 Å². The number of hydrogen-bond acceptors (Lipinski definition) is 4. The first-order chi connectivity index (χ1) is 9.63. The van der Waals surface area contributed by atoms with E-state index in [1.54, 1.807) is 12.4 Å². The Bertz CT molecular complexity index is 543. The van der Waals surface area contributed by atoms with Gasteiger partial charge >= 0.3 is 0 Å². The molecule has 0 fully saturated rings. The molecule has 1 N–H and O–H groups in total. The third-order valence-electron chi connectivity index (χ3n) is 3.46. The summed E-state index contributed by atoms with van der Waals surface area (Å²) in [4.78, 5) is 13.4. The lowest BCUT2D eigenvalue weighted by atomic mass is 9.97. The molecule has 0 radical (unpaired) electrons. The minimum Gasteiger partial charge on any atom is -0.316 e. The van der Waals surface area contributed by atoms with Gasteiger partial charge in [-0.2, -0.15) is 0 Å². The number of aryl methyl sites for hydroxylation is 2. The maximum atomic E-state index is 4.67. The molecule has 4 nitrogen and oxygen atoms in total. The average Bonchev–Trinajstić information content (AvgIpc) is 2.45. The van der Waals surface area contributed by atoms with Crippen molar-refractivity contribution >= 4 is 0 Å². The standard InChI is InChI=1S/C16H22N4/c1-5-17-10-11(2)15-12(3)19-16(20-13(15)4)14-6-8-18-9-7-14/h6-9,11,17H,5,10H2,1-4H3. The lowest BCUT2D eigenvalue weighted by Crippen LogP contribution is -2.21. The number of rotatable bonds is 5. The molecular weight excluding hydrogens is 248 g/mol. The minimum atomic E-state index is 0.418. The summed E-state index contributed by atoms with van der Waals surface area (Å²) in [6.07, 6.45) is 3.54. The van der Waals surface area contributed by atoms with Gasteiger partial charge in [0, 0.05) is 35.9 Å². The van der Waals surface area contributed by atoms with Gasteiger partial charge in [-0.3, -0.25) is 4.98 Å². The van der Waals surface area contributed by atoms with Gasteiger partial charge in [-0.1, -0.05) is 13.8 Å². The van der Waals surface area contributed by atoms with E-state index in [0.29, 0.717) is 5.92 Å². The van der Waals surface area contributed by atoms with Crippen molar-refractivity contribution in [3.05, 3.63) is 41.5 Å².